The van der Waals surface area contributed by atoms with Crippen LogP contribution in [0.3, 0.4) is 0 Å². The molecule has 0 amide bonds. The first-order valence-electron chi connectivity index (χ1n) is 4.23. The summed E-state index contributed by atoms with van der Waals surface area (Å²) in [7, 11) is 0. The summed E-state index contributed by atoms with van der Waals surface area (Å²) >= 11 is 5.66. The highest BCUT2D eigenvalue weighted by Crippen LogP contribution is 2.56. The summed E-state index contributed by atoms with van der Waals surface area (Å²) in [6, 6.07) is 0. The third kappa shape index (κ3) is 1.03. The lowest BCUT2D eigenvalue weighted by atomic mass is 9.49. The number of halogens is 1. The molecule has 2 atom stereocenters. The number of hydrogen-bond donors (Lipinski definition) is 0. The van der Waals surface area contributed by atoms with Crippen molar-refractivity contribution in [2.24, 2.45) is 10.8 Å². The predicted octanol–water partition coefficient (Wildman–Crippen LogP) is 2.79. The van der Waals surface area contributed by atoms with E-state index in [-0.39, 0.29) is 10.8 Å². The molecule has 0 N–H and O–H groups in total. The quantitative estimate of drug-likeness (QED) is 0.490. The first kappa shape index (κ1) is 9.79. The average molecular weight is 187 g/mol. The normalized spacial score (nSPS) is 40.8. The molecule has 0 aromatic rings. The number of hydrogen-bond acceptors (Lipinski definition) is 1. The van der Waals surface area contributed by atoms with Crippen LogP contribution < -0.4 is 0 Å². The average Bonchev–Trinajstić information content (AvgIpc) is 2.05. The summed E-state index contributed by atoms with van der Waals surface area (Å²) in [5.74, 6) is 0.872. The van der Waals surface area contributed by atoms with E-state index in [9.17, 15) is 4.79 Å². The van der Waals surface area contributed by atoms with Crippen LogP contribution in [0.5, 0.6) is 0 Å². The number of rotatable bonds is 3. The molecule has 12 heavy (non-hydrogen) atoms. The Hall–Kier alpha value is -0.300. The number of Topliss-reactive ketones (excluding diaryl/α,β-unsaturated/α-hetero) is 1. The van der Waals surface area contributed by atoms with Gasteiger partial charge in [0.25, 0.3) is 0 Å². The molecule has 0 aromatic carbocycles. The zero-order chi connectivity index (χ0) is 9.41. The van der Waals surface area contributed by atoms with Crippen molar-refractivity contribution in [2.75, 3.05) is 5.88 Å². The molecule has 0 spiro atoms. The molecule has 1 aliphatic rings. The highest BCUT2D eigenvalue weighted by Gasteiger charge is 2.57. The van der Waals surface area contributed by atoms with Gasteiger partial charge in [-0.3, -0.25) is 4.79 Å². The molecule has 1 saturated carbocycles. The maximum Gasteiger partial charge on any atom is 0.140 e. The Kier molecular flexibility index (Phi) is 2.35. The lowest BCUT2D eigenvalue weighted by Gasteiger charge is -2.52. The number of ketones is 1. The lowest BCUT2D eigenvalue weighted by molar-refractivity contribution is -0.150. The maximum absolute atomic E-state index is 11.4. The molecule has 68 valence electrons. The van der Waals surface area contributed by atoms with Gasteiger partial charge < -0.3 is 0 Å². The van der Waals surface area contributed by atoms with Crippen LogP contribution in [-0.2, 0) is 4.79 Å². The molecule has 0 bridgehead atoms. The van der Waals surface area contributed by atoms with Crippen molar-refractivity contribution in [3.8, 4) is 0 Å². The minimum absolute atomic E-state index is 0.0288. The van der Waals surface area contributed by atoms with E-state index in [2.05, 4.69) is 13.5 Å². The Bertz CT molecular complexity index is 224. The van der Waals surface area contributed by atoms with Crippen LogP contribution in [0.4, 0.5) is 0 Å². The molecule has 1 rings (SSSR count). The molecule has 1 fully saturated rings. The van der Waals surface area contributed by atoms with Crippen molar-refractivity contribution >= 4 is 17.4 Å². The van der Waals surface area contributed by atoms with E-state index in [0.717, 1.165) is 6.42 Å². The lowest BCUT2D eigenvalue weighted by Crippen LogP contribution is -2.54. The number of carbonyl (C=O) groups excluding carboxylic acids is 1. The van der Waals surface area contributed by atoms with Gasteiger partial charge in [0.05, 0.1) is 0 Å². The molecule has 0 heterocycles. The van der Waals surface area contributed by atoms with Gasteiger partial charge in [-0.15, -0.1) is 18.2 Å². The van der Waals surface area contributed by atoms with E-state index in [0.29, 0.717) is 18.1 Å². The van der Waals surface area contributed by atoms with Gasteiger partial charge in [-0.2, -0.15) is 0 Å². The topological polar surface area (TPSA) is 17.1 Å². The zero-order valence-electron chi connectivity index (χ0n) is 7.69. The fourth-order valence-electron chi connectivity index (χ4n) is 1.85. The van der Waals surface area contributed by atoms with E-state index >= 15 is 0 Å². The van der Waals surface area contributed by atoms with Crippen molar-refractivity contribution in [3.05, 3.63) is 12.7 Å². The first-order chi connectivity index (χ1) is 5.50. The largest absolute Gasteiger partial charge is 0.299 e. The molecule has 2 heteroatoms. The summed E-state index contributed by atoms with van der Waals surface area (Å²) in [5.41, 5.74) is -0.282. The molecule has 1 aliphatic carbocycles. The van der Waals surface area contributed by atoms with E-state index in [1.54, 1.807) is 0 Å². The molecule has 0 radical (unpaired) electrons. The summed E-state index contributed by atoms with van der Waals surface area (Å²) in [5, 5.41) is 0. The van der Waals surface area contributed by atoms with E-state index in [4.69, 9.17) is 11.6 Å². The Labute approximate surface area is 78.8 Å². The molecule has 0 saturated heterocycles. The SMILES string of the molecule is C=CC1(C)CC(=O)C1(C)CCCl. The van der Waals surface area contributed by atoms with Crippen LogP contribution in [0, 0.1) is 10.8 Å². The fraction of sp³-hybridized carbons (Fsp3) is 0.700. The van der Waals surface area contributed by atoms with E-state index < -0.39 is 0 Å². The van der Waals surface area contributed by atoms with Crippen LogP contribution in [0.2, 0.25) is 0 Å². The third-order valence-electron chi connectivity index (χ3n) is 3.45. The molecular formula is C10H15ClO. The highest BCUT2D eigenvalue weighted by atomic mass is 35.5. The Balaban J connectivity index is 2.85. The van der Waals surface area contributed by atoms with Gasteiger partial charge >= 0.3 is 0 Å². The third-order valence-corrected chi connectivity index (χ3v) is 3.64. The minimum Gasteiger partial charge on any atom is -0.299 e. The van der Waals surface area contributed by atoms with Gasteiger partial charge in [-0.25, -0.2) is 0 Å². The van der Waals surface area contributed by atoms with Gasteiger partial charge in [-0.1, -0.05) is 19.9 Å². The molecule has 0 aliphatic heterocycles. The van der Waals surface area contributed by atoms with Crippen LogP contribution in [0.1, 0.15) is 26.7 Å². The number of allylic oxidation sites excluding steroid dienone is 1. The fourth-order valence-corrected chi connectivity index (χ4v) is 2.22. The second kappa shape index (κ2) is 2.88. The number of carbonyl (C=O) groups is 1. The van der Waals surface area contributed by atoms with Crippen LogP contribution in [0.15, 0.2) is 12.7 Å². The summed E-state index contributed by atoms with van der Waals surface area (Å²) < 4.78 is 0. The Morgan fingerprint density at radius 1 is 1.67 bits per heavy atom. The van der Waals surface area contributed by atoms with Gasteiger partial charge in [0.1, 0.15) is 5.78 Å². The Morgan fingerprint density at radius 3 is 2.58 bits per heavy atom. The number of alkyl halides is 1. The van der Waals surface area contributed by atoms with E-state index in [1.807, 2.05) is 13.0 Å². The molecule has 1 nitrogen and oxygen atoms in total. The van der Waals surface area contributed by atoms with Gasteiger partial charge in [0.2, 0.25) is 0 Å². The molecule has 0 aromatic heterocycles. The summed E-state index contributed by atoms with van der Waals surface area (Å²) in [4.78, 5) is 11.4. The highest BCUT2D eigenvalue weighted by molar-refractivity contribution is 6.18. The van der Waals surface area contributed by atoms with Crippen molar-refractivity contribution < 1.29 is 4.79 Å². The minimum atomic E-state index is -0.253. The van der Waals surface area contributed by atoms with E-state index in [1.165, 1.54) is 0 Å². The first-order valence-corrected chi connectivity index (χ1v) is 4.76. The van der Waals surface area contributed by atoms with Crippen LogP contribution in [0.25, 0.3) is 0 Å². The van der Waals surface area contributed by atoms with Gasteiger partial charge in [0, 0.05) is 23.1 Å². The second-order valence-electron chi connectivity index (χ2n) is 3.99. The van der Waals surface area contributed by atoms with Crippen molar-refractivity contribution in [3.63, 3.8) is 0 Å². The molecular weight excluding hydrogens is 172 g/mol. The summed E-state index contributed by atoms with van der Waals surface area (Å²) in [6.07, 6.45) is 3.28. The van der Waals surface area contributed by atoms with Crippen molar-refractivity contribution in [2.45, 2.75) is 26.7 Å². The standard InChI is InChI=1S/C10H15ClO/c1-4-9(2)7-8(12)10(9,3)5-6-11/h4H,1,5-7H2,2-3H3. The Morgan fingerprint density at radius 2 is 2.25 bits per heavy atom. The van der Waals surface area contributed by atoms with Crippen molar-refractivity contribution in [1.82, 2.24) is 0 Å². The smallest absolute Gasteiger partial charge is 0.140 e. The van der Waals surface area contributed by atoms with Gasteiger partial charge in [0.15, 0.2) is 0 Å². The maximum atomic E-state index is 11.4. The van der Waals surface area contributed by atoms with Gasteiger partial charge in [-0.05, 0) is 6.42 Å². The summed E-state index contributed by atoms with van der Waals surface area (Å²) in [6.45, 7) is 7.84. The van der Waals surface area contributed by atoms with Crippen molar-refractivity contribution in [1.29, 1.82) is 0 Å². The predicted molar refractivity (Wildman–Crippen MR) is 51.4 cm³/mol. The monoisotopic (exact) mass is 186 g/mol. The molecule has 2 unspecified atom stereocenters. The van der Waals surface area contributed by atoms with Crippen LogP contribution >= 0.6 is 11.6 Å². The zero-order valence-corrected chi connectivity index (χ0v) is 8.45. The second-order valence-corrected chi connectivity index (χ2v) is 4.37. The van der Waals surface area contributed by atoms with Crippen LogP contribution in [-0.4, -0.2) is 11.7 Å².